The lowest BCUT2D eigenvalue weighted by Crippen LogP contribution is -2.13. The number of halogens is 4. The van der Waals surface area contributed by atoms with Gasteiger partial charge in [0, 0.05) is 17.4 Å². The quantitative estimate of drug-likeness (QED) is 0.607. The molecule has 5 heteroatoms. The fraction of sp³-hybridized carbons (Fsp3) is 0.118. The van der Waals surface area contributed by atoms with Crippen molar-refractivity contribution in [2.75, 3.05) is 0 Å². The second-order valence-electron chi connectivity index (χ2n) is 4.93. The maximum absolute atomic E-state index is 13.3. The van der Waals surface area contributed by atoms with Crippen molar-refractivity contribution in [2.45, 2.75) is 12.6 Å². The molecule has 0 bridgehead atoms. The SMILES string of the molecule is FC(F)(F)c1nc2ccccc2c(Cl)c1Cc1ccccc1. The maximum atomic E-state index is 13.3. The highest BCUT2D eigenvalue weighted by Crippen LogP contribution is 2.38. The molecule has 22 heavy (non-hydrogen) atoms. The zero-order valence-corrected chi connectivity index (χ0v) is 12.1. The molecule has 1 heterocycles. The molecule has 0 atom stereocenters. The number of aromatic nitrogens is 1. The van der Waals surface area contributed by atoms with Crippen LogP contribution in [0.15, 0.2) is 54.6 Å². The van der Waals surface area contributed by atoms with E-state index in [1.165, 1.54) is 6.07 Å². The molecule has 0 unspecified atom stereocenters. The Labute approximate surface area is 130 Å². The molecule has 2 aromatic carbocycles. The Balaban J connectivity index is 2.24. The van der Waals surface area contributed by atoms with Crippen LogP contribution in [0.5, 0.6) is 0 Å². The fourth-order valence-corrected chi connectivity index (χ4v) is 2.72. The third-order valence-electron chi connectivity index (χ3n) is 3.42. The summed E-state index contributed by atoms with van der Waals surface area (Å²) in [7, 11) is 0. The van der Waals surface area contributed by atoms with Gasteiger partial charge in [0.1, 0.15) is 5.69 Å². The molecule has 0 spiro atoms. The van der Waals surface area contributed by atoms with Crippen LogP contribution in [-0.2, 0) is 12.6 Å². The molecule has 112 valence electrons. The van der Waals surface area contributed by atoms with Gasteiger partial charge in [0.15, 0.2) is 0 Å². The highest BCUT2D eigenvalue weighted by molar-refractivity contribution is 6.36. The first kappa shape index (κ1) is 14.9. The molecule has 3 aromatic rings. The van der Waals surface area contributed by atoms with Gasteiger partial charge in [0.2, 0.25) is 0 Å². The summed E-state index contributed by atoms with van der Waals surface area (Å²) in [6, 6.07) is 15.5. The van der Waals surface area contributed by atoms with Gasteiger partial charge >= 0.3 is 6.18 Å². The Hall–Kier alpha value is -2.07. The molecule has 0 radical (unpaired) electrons. The number of alkyl halides is 3. The number of hydrogen-bond donors (Lipinski definition) is 0. The first-order chi connectivity index (χ1) is 10.5. The first-order valence-corrected chi connectivity index (χ1v) is 7.03. The molecule has 0 fully saturated rings. The highest BCUT2D eigenvalue weighted by Gasteiger charge is 2.37. The van der Waals surface area contributed by atoms with Crippen molar-refractivity contribution in [1.29, 1.82) is 0 Å². The van der Waals surface area contributed by atoms with Crippen LogP contribution in [0.4, 0.5) is 13.2 Å². The van der Waals surface area contributed by atoms with E-state index >= 15 is 0 Å². The predicted molar refractivity (Wildman–Crippen MR) is 81.0 cm³/mol. The minimum Gasteiger partial charge on any atom is -0.243 e. The third-order valence-corrected chi connectivity index (χ3v) is 3.85. The van der Waals surface area contributed by atoms with Crippen molar-refractivity contribution in [3.63, 3.8) is 0 Å². The Morgan fingerprint density at radius 1 is 0.909 bits per heavy atom. The van der Waals surface area contributed by atoms with E-state index in [4.69, 9.17) is 11.6 Å². The van der Waals surface area contributed by atoms with E-state index in [0.717, 1.165) is 5.56 Å². The Bertz CT molecular complexity index is 813. The first-order valence-electron chi connectivity index (χ1n) is 6.65. The van der Waals surface area contributed by atoms with Gasteiger partial charge < -0.3 is 0 Å². The van der Waals surface area contributed by atoms with Gasteiger partial charge in [-0.05, 0) is 11.6 Å². The van der Waals surface area contributed by atoms with Crippen LogP contribution in [0, 0.1) is 0 Å². The van der Waals surface area contributed by atoms with Crippen molar-refractivity contribution >= 4 is 22.5 Å². The molecule has 0 aliphatic heterocycles. The van der Waals surface area contributed by atoms with Crippen LogP contribution in [0.1, 0.15) is 16.8 Å². The van der Waals surface area contributed by atoms with Gasteiger partial charge in [-0.2, -0.15) is 13.2 Å². The van der Waals surface area contributed by atoms with E-state index in [2.05, 4.69) is 4.98 Å². The number of rotatable bonds is 2. The predicted octanol–water partition coefficient (Wildman–Crippen LogP) is 5.50. The van der Waals surface area contributed by atoms with Gasteiger partial charge in [-0.3, -0.25) is 0 Å². The molecule has 1 nitrogen and oxygen atoms in total. The Morgan fingerprint density at radius 3 is 2.23 bits per heavy atom. The topological polar surface area (TPSA) is 12.9 Å². The number of para-hydroxylation sites is 1. The van der Waals surface area contributed by atoms with Crippen LogP contribution in [0.25, 0.3) is 10.9 Å². The largest absolute Gasteiger partial charge is 0.433 e. The summed E-state index contributed by atoms with van der Waals surface area (Å²) >= 11 is 6.26. The number of nitrogens with zero attached hydrogens (tertiary/aromatic N) is 1. The number of hydrogen-bond acceptors (Lipinski definition) is 1. The van der Waals surface area contributed by atoms with Crippen molar-refractivity contribution in [1.82, 2.24) is 4.98 Å². The van der Waals surface area contributed by atoms with Crippen LogP contribution in [-0.4, -0.2) is 4.98 Å². The molecular formula is C17H11ClF3N. The number of pyridine rings is 1. The molecule has 0 aliphatic rings. The summed E-state index contributed by atoms with van der Waals surface area (Å²) in [5.41, 5.74) is 0.0998. The number of benzene rings is 2. The molecular weight excluding hydrogens is 311 g/mol. The van der Waals surface area contributed by atoms with Crippen LogP contribution in [0.2, 0.25) is 5.02 Å². The summed E-state index contributed by atoms with van der Waals surface area (Å²) in [5.74, 6) is 0. The van der Waals surface area contributed by atoms with Crippen molar-refractivity contribution in [2.24, 2.45) is 0 Å². The second-order valence-corrected chi connectivity index (χ2v) is 5.31. The van der Waals surface area contributed by atoms with Gasteiger partial charge in [-0.25, -0.2) is 4.98 Å². The van der Waals surface area contributed by atoms with Crippen LogP contribution < -0.4 is 0 Å². The van der Waals surface area contributed by atoms with Crippen molar-refractivity contribution in [3.8, 4) is 0 Å². The molecule has 0 saturated heterocycles. The summed E-state index contributed by atoms with van der Waals surface area (Å²) in [6.45, 7) is 0. The fourth-order valence-electron chi connectivity index (χ4n) is 2.41. The average molecular weight is 322 g/mol. The zero-order valence-electron chi connectivity index (χ0n) is 11.4. The van der Waals surface area contributed by atoms with E-state index < -0.39 is 11.9 Å². The molecule has 0 saturated carbocycles. The minimum absolute atomic E-state index is 0.0130. The third kappa shape index (κ3) is 2.79. The summed E-state index contributed by atoms with van der Waals surface area (Å²) in [6.07, 6.45) is -4.45. The van der Waals surface area contributed by atoms with E-state index in [1.54, 1.807) is 42.5 Å². The molecule has 0 amide bonds. The van der Waals surface area contributed by atoms with Gasteiger partial charge in [0.05, 0.1) is 10.5 Å². The molecule has 0 N–H and O–H groups in total. The van der Waals surface area contributed by atoms with Gasteiger partial charge in [-0.1, -0.05) is 60.1 Å². The lowest BCUT2D eigenvalue weighted by molar-refractivity contribution is -0.141. The Kier molecular flexibility index (Phi) is 3.79. The van der Waals surface area contributed by atoms with Gasteiger partial charge in [0.25, 0.3) is 0 Å². The summed E-state index contributed by atoms with van der Waals surface area (Å²) in [4.78, 5) is 3.79. The summed E-state index contributed by atoms with van der Waals surface area (Å²) < 4.78 is 40.0. The average Bonchev–Trinajstić information content (AvgIpc) is 2.50. The lowest BCUT2D eigenvalue weighted by Gasteiger charge is -2.15. The molecule has 3 rings (SSSR count). The van der Waals surface area contributed by atoms with Crippen molar-refractivity contribution in [3.05, 3.63) is 76.4 Å². The minimum atomic E-state index is -4.54. The van der Waals surface area contributed by atoms with Gasteiger partial charge in [-0.15, -0.1) is 0 Å². The van der Waals surface area contributed by atoms with E-state index in [9.17, 15) is 13.2 Å². The normalized spacial score (nSPS) is 11.8. The van der Waals surface area contributed by atoms with Crippen LogP contribution >= 0.6 is 11.6 Å². The van der Waals surface area contributed by atoms with E-state index in [0.29, 0.717) is 5.39 Å². The van der Waals surface area contributed by atoms with Crippen molar-refractivity contribution < 1.29 is 13.2 Å². The Morgan fingerprint density at radius 2 is 1.55 bits per heavy atom. The molecule has 1 aromatic heterocycles. The smallest absolute Gasteiger partial charge is 0.243 e. The lowest BCUT2D eigenvalue weighted by atomic mass is 10.0. The maximum Gasteiger partial charge on any atom is 0.433 e. The molecule has 0 aliphatic carbocycles. The van der Waals surface area contributed by atoms with E-state index in [-0.39, 0.29) is 22.5 Å². The monoisotopic (exact) mass is 321 g/mol. The highest BCUT2D eigenvalue weighted by atomic mass is 35.5. The summed E-state index contributed by atoms with van der Waals surface area (Å²) in [5, 5.41) is 0.643. The number of fused-ring (bicyclic) bond motifs is 1. The zero-order chi connectivity index (χ0) is 15.7. The van der Waals surface area contributed by atoms with Crippen LogP contribution in [0.3, 0.4) is 0 Å². The van der Waals surface area contributed by atoms with E-state index in [1.807, 2.05) is 6.07 Å². The standard InChI is InChI=1S/C17H11ClF3N/c18-15-12-8-4-5-9-14(12)22-16(17(19,20)21)13(15)10-11-6-2-1-3-7-11/h1-9H,10H2. The second kappa shape index (κ2) is 5.61.